The van der Waals surface area contributed by atoms with Gasteiger partial charge in [-0.05, 0) is 28.7 Å². The van der Waals surface area contributed by atoms with Gasteiger partial charge in [0.25, 0.3) is 0 Å². The normalized spacial score (nSPS) is 14.8. The number of Topliss-reactive ketones (excluding diaryl/α,β-unsaturated/α-hetero) is 1. The van der Waals surface area contributed by atoms with Crippen LogP contribution >= 0.6 is 0 Å². The minimum Gasteiger partial charge on any atom is -0.358 e. The molecule has 1 aliphatic rings. The lowest BCUT2D eigenvalue weighted by molar-refractivity contribution is -0.391. The van der Waals surface area contributed by atoms with E-state index in [0.717, 1.165) is 11.8 Å². The number of rotatable bonds is 3. The van der Waals surface area contributed by atoms with Crippen LogP contribution in [0.3, 0.4) is 0 Å². The van der Waals surface area contributed by atoms with Gasteiger partial charge in [0.15, 0.2) is 5.78 Å². The molecule has 0 spiro atoms. The molecule has 1 aromatic carbocycles. The number of allylic oxidation sites excluding steroid dienone is 1. The van der Waals surface area contributed by atoms with E-state index in [4.69, 9.17) is 0 Å². The molecule has 3 rings (SSSR count). The Morgan fingerprint density at radius 1 is 1.46 bits per heavy atom. The van der Waals surface area contributed by atoms with Gasteiger partial charge in [-0.2, -0.15) is 0 Å². The van der Waals surface area contributed by atoms with Crippen LogP contribution in [0.25, 0.3) is 6.08 Å². The zero-order chi connectivity index (χ0) is 17.4. The van der Waals surface area contributed by atoms with E-state index >= 15 is 0 Å². The van der Waals surface area contributed by atoms with Crippen molar-refractivity contribution in [2.45, 2.75) is 13.3 Å². The highest BCUT2D eigenvalue weighted by molar-refractivity contribution is 6.15. The summed E-state index contributed by atoms with van der Waals surface area (Å²) in [5.74, 6) is -0.113. The second-order valence-electron chi connectivity index (χ2n) is 5.52. The Morgan fingerprint density at radius 2 is 2.21 bits per heavy atom. The number of carbonyl (C=O) groups excluding carboxylic acids is 2. The number of nitrogens with zero attached hydrogens (tertiary/aromatic N) is 3. The quantitative estimate of drug-likeness (QED) is 0.528. The molecule has 8 heteroatoms. The van der Waals surface area contributed by atoms with Gasteiger partial charge in [-0.15, -0.1) is 0 Å². The molecule has 1 aromatic heterocycles. The minimum atomic E-state index is -0.528. The second-order valence-corrected chi connectivity index (χ2v) is 5.52. The summed E-state index contributed by atoms with van der Waals surface area (Å²) in [4.78, 5) is 37.9. The van der Waals surface area contributed by atoms with Crippen molar-refractivity contribution in [2.75, 3.05) is 5.32 Å². The number of hydrogen-bond acceptors (Lipinski definition) is 5. The number of hydrogen-bond donors (Lipinski definition) is 1. The zero-order valence-corrected chi connectivity index (χ0v) is 13.1. The molecule has 1 N–H and O–H groups in total. The van der Waals surface area contributed by atoms with Crippen molar-refractivity contribution in [1.29, 1.82) is 0 Å². The number of fused-ring (bicyclic) bond motifs is 1. The molecule has 0 bridgehead atoms. The van der Waals surface area contributed by atoms with Crippen LogP contribution in [-0.2, 0) is 18.3 Å². The first-order chi connectivity index (χ1) is 11.4. The van der Waals surface area contributed by atoms with Crippen LogP contribution in [0.15, 0.2) is 30.0 Å². The number of ketones is 1. The first kappa shape index (κ1) is 15.6. The Morgan fingerprint density at radius 3 is 2.83 bits per heavy atom. The maximum Gasteiger partial charge on any atom is 0.342 e. The third-order valence-corrected chi connectivity index (χ3v) is 3.83. The third kappa shape index (κ3) is 2.69. The van der Waals surface area contributed by atoms with E-state index in [1.54, 1.807) is 24.3 Å². The van der Waals surface area contributed by atoms with Gasteiger partial charge in [0, 0.05) is 36.2 Å². The van der Waals surface area contributed by atoms with Crippen LogP contribution in [-0.4, -0.2) is 26.2 Å². The number of nitrogens with one attached hydrogen (secondary N) is 1. The van der Waals surface area contributed by atoms with Gasteiger partial charge in [0.05, 0.1) is 7.05 Å². The first-order valence-electron chi connectivity index (χ1n) is 7.18. The number of benzene rings is 1. The topological polar surface area (TPSA) is 107 Å². The fourth-order valence-electron chi connectivity index (χ4n) is 2.69. The molecule has 122 valence electrons. The molecule has 0 saturated heterocycles. The number of anilines is 1. The molecule has 0 saturated carbocycles. The van der Waals surface area contributed by atoms with E-state index < -0.39 is 4.92 Å². The highest BCUT2D eigenvalue weighted by Crippen LogP contribution is 2.30. The maximum atomic E-state index is 12.5. The maximum absolute atomic E-state index is 12.5. The average molecular weight is 326 g/mol. The number of aromatic nitrogens is 2. The first-order valence-corrected chi connectivity index (χ1v) is 7.18. The number of imidazole rings is 1. The summed E-state index contributed by atoms with van der Waals surface area (Å²) in [6, 6.07) is 5.10. The Labute approximate surface area is 137 Å². The number of carbonyl (C=O) groups is 2. The van der Waals surface area contributed by atoms with Gasteiger partial charge in [-0.25, -0.2) is 9.55 Å². The fraction of sp³-hybridized carbons (Fsp3) is 0.188. The van der Waals surface area contributed by atoms with Crippen LogP contribution in [0, 0.1) is 10.1 Å². The Bertz CT molecular complexity index is 911. The lowest BCUT2D eigenvalue weighted by Crippen LogP contribution is -2.06. The predicted molar refractivity (Wildman–Crippen MR) is 86.6 cm³/mol. The van der Waals surface area contributed by atoms with Crippen molar-refractivity contribution in [1.82, 2.24) is 9.55 Å². The molecule has 1 heterocycles. The number of nitro groups is 1. The summed E-state index contributed by atoms with van der Waals surface area (Å²) in [5, 5.41) is 13.5. The molecule has 2 aromatic rings. The summed E-state index contributed by atoms with van der Waals surface area (Å²) in [7, 11) is 1.53. The van der Waals surface area contributed by atoms with Gasteiger partial charge in [-0.3, -0.25) is 9.59 Å². The molecule has 0 radical (unpaired) electrons. The van der Waals surface area contributed by atoms with E-state index in [0.29, 0.717) is 29.1 Å². The molecule has 1 amide bonds. The van der Waals surface area contributed by atoms with Crippen LogP contribution < -0.4 is 5.32 Å². The summed E-state index contributed by atoms with van der Waals surface area (Å²) in [6.07, 6.45) is 3.11. The Balaban J connectivity index is 1.93. The Hall–Kier alpha value is -3.29. The van der Waals surface area contributed by atoms with Crippen LogP contribution in [0.4, 0.5) is 11.5 Å². The molecular formula is C16H14N4O4. The van der Waals surface area contributed by atoms with Gasteiger partial charge in [0.1, 0.15) is 6.20 Å². The molecule has 0 fully saturated rings. The van der Waals surface area contributed by atoms with E-state index in [-0.39, 0.29) is 17.5 Å². The van der Waals surface area contributed by atoms with Crippen molar-refractivity contribution < 1.29 is 14.5 Å². The summed E-state index contributed by atoms with van der Waals surface area (Å²) in [6.45, 7) is 1.41. The summed E-state index contributed by atoms with van der Waals surface area (Å²) < 4.78 is 1.33. The van der Waals surface area contributed by atoms with Crippen LogP contribution in [0.1, 0.15) is 28.7 Å². The lowest BCUT2D eigenvalue weighted by atomic mass is 10.1. The van der Waals surface area contributed by atoms with Crippen LogP contribution in [0.2, 0.25) is 0 Å². The van der Waals surface area contributed by atoms with Gasteiger partial charge in [-0.1, -0.05) is 0 Å². The van der Waals surface area contributed by atoms with E-state index in [2.05, 4.69) is 10.3 Å². The molecular weight excluding hydrogens is 312 g/mol. The third-order valence-electron chi connectivity index (χ3n) is 3.83. The molecule has 8 nitrogen and oxygen atoms in total. The molecule has 0 unspecified atom stereocenters. The lowest BCUT2D eigenvalue weighted by Gasteiger charge is -2.03. The Kier molecular flexibility index (Phi) is 3.72. The van der Waals surface area contributed by atoms with Crippen molar-refractivity contribution in [2.24, 2.45) is 7.05 Å². The summed E-state index contributed by atoms with van der Waals surface area (Å²) in [5.41, 5.74) is 2.51. The fourth-order valence-corrected chi connectivity index (χ4v) is 2.69. The largest absolute Gasteiger partial charge is 0.358 e. The van der Waals surface area contributed by atoms with Gasteiger partial charge in [0.2, 0.25) is 11.7 Å². The minimum absolute atomic E-state index is 0.134. The highest BCUT2D eigenvalue weighted by atomic mass is 16.6. The summed E-state index contributed by atoms with van der Waals surface area (Å²) >= 11 is 0. The van der Waals surface area contributed by atoms with E-state index in [1.165, 1.54) is 18.5 Å². The number of amides is 1. The van der Waals surface area contributed by atoms with Crippen molar-refractivity contribution in [3.8, 4) is 0 Å². The molecule has 24 heavy (non-hydrogen) atoms. The second kappa shape index (κ2) is 5.73. The SMILES string of the molecule is CC(=O)Nc1ccc2c(c1)CC(=Cc1ncc([N+](=O)[O-])n1C)C2=O. The molecule has 0 aliphatic heterocycles. The van der Waals surface area contributed by atoms with Crippen LogP contribution in [0.5, 0.6) is 0 Å². The standard InChI is InChI=1S/C16H14N4O4/c1-9(21)18-12-3-4-13-10(6-12)5-11(16(13)22)7-14-17-8-15(19(14)2)20(23)24/h3-4,6-8H,5H2,1-2H3,(H,18,21). The average Bonchev–Trinajstić information content (AvgIpc) is 3.00. The van der Waals surface area contributed by atoms with Crippen molar-refractivity contribution >= 4 is 29.3 Å². The monoisotopic (exact) mass is 326 g/mol. The highest BCUT2D eigenvalue weighted by Gasteiger charge is 2.26. The van der Waals surface area contributed by atoms with Crippen molar-refractivity contribution in [3.63, 3.8) is 0 Å². The zero-order valence-electron chi connectivity index (χ0n) is 13.1. The van der Waals surface area contributed by atoms with Crippen molar-refractivity contribution in [3.05, 3.63) is 57.0 Å². The van der Waals surface area contributed by atoms with Gasteiger partial charge >= 0.3 is 5.82 Å². The predicted octanol–water partition coefficient (Wildman–Crippen LogP) is 2.11. The molecule has 0 atom stereocenters. The smallest absolute Gasteiger partial charge is 0.342 e. The van der Waals surface area contributed by atoms with Gasteiger partial charge < -0.3 is 15.4 Å². The van der Waals surface area contributed by atoms with E-state index in [9.17, 15) is 19.7 Å². The van der Waals surface area contributed by atoms with E-state index in [1.807, 2.05) is 0 Å². The molecule has 1 aliphatic carbocycles.